The van der Waals surface area contributed by atoms with Crippen LogP contribution in [0.15, 0.2) is 72.8 Å². The first-order valence-electron chi connectivity index (χ1n) is 9.72. The molecule has 3 rings (SSSR count). The molecule has 0 aliphatic rings. The molecule has 0 amide bonds. The van der Waals surface area contributed by atoms with E-state index in [1.807, 2.05) is 18.2 Å². The number of aryl methyl sites for hydroxylation is 1. The van der Waals surface area contributed by atoms with Gasteiger partial charge < -0.3 is 14.2 Å². The van der Waals surface area contributed by atoms with E-state index in [4.69, 9.17) is 9.47 Å². The number of benzene rings is 3. The summed E-state index contributed by atoms with van der Waals surface area (Å²) >= 11 is 0. The van der Waals surface area contributed by atoms with Crippen molar-refractivity contribution in [1.82, 2.24) is 0 Å². The molecular formula is C24H21F3O4. The Balaban J connectivity index is 1.51. The number of alkyl halides is 3. The van der Waals surface area contributed by atoms with Crippen LogP contribution in [0.5, 0.6) is 23.0 Å². The standard InChI is InChI=1S/C24H21F3O4/c25-24(26,27)31-21-11-9-20(10-12-21)30-22-13-14-23(19(16-22)17-28)29-15-5-4-8-18-6-2-1-3-7-18/h1-3,6-7,9-14,16-17H,4-5,8,15H2. The minimum absolute atomic E-state index is 0.306. The molecule has 0 N–H and O–H groups in total. The molecule has 162 valence electrons. The molecule has 31 heavy (non-hydrogen) atoms. The van der Waals surface area contributed by atoms with Crippen LogP contribution in [-0.2, 0) is 6.42 Å². The zero-order chi connectivity index (χ0) is 22.1. The fourth-order valence-electron chi connectivity index (χ4n) is 2.92. The highest BCUT2D eigenvalue weighted by atomic mass is 19.4. The van der Waals surface area contributed by atoms with Crippen LogP contribution in [0.1, 0.15) is 28.8 Å². The van der Waals surface area contributed by atoms with E-state index in [1.54, 1.807) is 12.1 Å². The van der Waals surface area contributed by atoms with Gasteiger partial charge in [0.1, 0.15) is 23.0 Å². The van der Waals surface area contributed by atoms with Crippen molar-refractivity contribution >= 4 is 6.29 Å². The Labute approximate surface area is 178 Å². The highest BCUT2D eigenvalue weighted by molar-refractivity contribution is 5.80. The van der Waals surface area contributed by atoms with E-state index in [0.717, 1.165) is 31.4 Å². The van der Waals surface area contributed by atoms with Crippen LogP contribution in [0.4, 0.5) is 13.2 Å². The monoisotopic (exact) mass is 430 g/mol. The Morgan fingerprint density at radius 3 is 2.16 bits per heavy atom. The molecule has 0 heterocycles. The average molecular weight is 430 g/mol. The lowest BCUT2D eigenvalue weighted by Crippen LogP contribution is -2.16. The Morgan fingerprint density at radius 1 is 0.806 bits per heavy atom. The number of aldehydes is 1. The van der Waals surface area contributed by atoms with Crippen LogP contribution in [-0.4, -0.2) is 19.3 Å². The van der Waals surface area contributed by atoms with Crippen LogP contribution in [0.3, 0.4) is 0 Å². The highest BCUT2D eigenvalue weighted by Gasteiger charge is 2.30. The number of ether oxygens (including phenoxy) is 3. The van der Waals surface area contributed by atoms with E-state index in [1.165, 1.54) is 23.8 Å². The van der Waals surface area contributed by atoms with Gasteiger partial charge >= 0.3 is 6.36 Å². The first-order chi connectivity index (χ1) is 14.9. The predicted octanol–water partition coefficient (Wildman–Crippen LogP) is 6.59. The largest absolute Gasteiger partial charge is 0.573 e. The van der Waals surface area contributed by atoms with Gasteiger partial charge in [0.25, 0.3) is 0 Å². The maximum absolute atomic E-state index is 12.2. The summed E-state index contributed by atoms with van der Waals surface area (Å²) < 4.78 is 51.8. The van der Waals surface area contributed by atoms with Crippen molar-refractivity contribution in [3.63, 3.8) is 0 Å². The summed E-state index contributed by atoms with van der Waals surface area (Å²) in [5.74, 6) is 0.782. The Kier molecular flexibility index (Phi) is 7.54. The molecule has 0 unspecified atom stereocenters. The summed E-state index contributed by atoms with van der Waals surface area (Å²) in [7, 11) is 0. The van der Waals surface area contributed by atoms with E-state index >= 15 is 0 Å². The normalized spacial score (nSPS) is 11.1. The molecule has 0 saturated heterocycles. The van der Waals surface area contributed by atoms with Crippen molar-refractivity contribution in [2.75, 3.05) is 6.61 Å². The van der Waals surface area contributed by atoms with E-state index < -0.39 is 6.36 Å². The molecule has 0 aliphatic heterocycles. The number of carbonyl (C=O) groups excluding carboxylic acids is 1. The van der Waals surface area contributed by atoms with Crippen LogP contribution in [0, 0.1) is 0 Å². The highest BCUT2D eigenvalue weighted by Crippen LogP contribution is 2.29. The summed E-state index contributed by atoms with van der Waals surface area (Å²) in [6.07, 6.45) is -1.30. The van der Waals surface area contributed by atoms with E-state index in [-0.39, 0.29) is 5.75 Å². The van der Waals surface area contributed by atoms with Gasteiger partial charge in [-0.15, -0.1) is 13.2 Å². The van der Waals surface area contributed by atoms with Gasteiger partial charge in [0, 0.05) is 0 Å². The molecule has 4 nitrogen and oxygen atoms in total. The van der Waals surface area contributed by atoms with E-state index in [0.29, 0.717) is 35.7 Å². The molecule has 0 radical (unpaired) electrons. The van der Waals surface area contributed by atoms with Gasteiger partial charge in [-0.2, -0.15) is 0 Å². The second-order valence-corrected chi connectivity index (χ2v) is 6.73. The summed E-state index contributed by atoms with van der Waals surface area (Å²) in [5, 5.41) is 0. The second kappa shape index (κ2) is 10.5. The van der Waals surface area contributed by atoms with Gasteiger partial charge in [0.2, 0.25) is 0 Å². The molecule has 0 saturated carbocycles. The van der Waals surface area contributed by atoms with Crippen molar-refractivity contribution in [2.24, 2.45) is 0 Å². The zero-order valence-electron chi connectivity index (χ0n) is 16.6. The maximum Gasteiger partial charge on any atom is 0.573 e. The van der Waals surface area contributed by atoms with Gasteiger partial charge in [-0.3, -0.25) is 4.79 Å². The SMILES string of the molecule is O=Cc1cc(Oc2ccc(OC(F)(F)F)cc2)ccc1OCCCCc1ccccc1. The molecule has 0 spiro atoms. The Bertz CT molecular complexity index is 970. The van der Waals surface area contributed by atoms with Crippen molar-refractivity contribution in [1.29, 1.82) is 0 Å². The van der Waals surface area contributed by atoms with Gasteiger partial charge in [-0.1, -0.05) is 30.3 Å². The van der Waals surface area contributed by atoms with Gasteiger partial charge in [-0.05, 0) is 67.3 Å². The molecular weight excluding hydrogens is 409 g/mol. The van der Waals surface area contributed by atoms with E-state index in [9.17, 15) is 18.0 Å². The third-order valence-electron chi connectivity index (χ3n) is 4.36. The first-order valence-corrected chi connectivity index (χ1v) is 9.72. The summed E-state index contributed by atoms with van der Waals surface area (Å²) in [4.78, 5) is 11.4. The number of halogens is 3. The minimum Gasteiger partial charge on any atom is -0.493 e. The summed E-state index contributed by atoms with van der Waals surface area (Å²) in [5.41, 5.74) is 1.60. The van der Waals surface area contributed by atoms with Crippen molar-refractivity contribution in [3.8, 4) is 23.0 Å². The molecule has 0 fully saturated rings. The maximum atomic E-state index is 12.2. The lowest BCUT2D eigenvalue weighted by atomic mass is 10.1. The van der Waals surface area contributed by atoms with Crippen LogP contribution >= 0.6 is 0 Å². The minimum atomic E-state index is -4.75. The molecule has 7 heteroatoms. The second-order valence-electron chi connectivity index (χ2n) is 6.73. The number of unbranched alkanes of at least 4 members (excludes halogenated alkanes) is 1. The van der Waals surface area contributed by atoms with Crippen molar-refractivity contribution < 1.29 is 32.2 Å². The first kappa shape index (κ1) is 22.2. The molecule has 3 aromatic rings. The van der Waals surface area contributed by atoms with E-state index in [2.05, 4.69) is 16.9 Å². The lowest BCUT2D eigenvalue weighted by molar-refractivity contribution is -0.274. The summed E-state index contributed by atoms with van der Waals surface area (Å²) in [6.45, 7) is 0.481. The fourth-order valence-corrected chi connectivity index (χ4v) is 2.92. The third-order valence-corrected chi connectivity index (χ3v) is 4.36. The molecule has 0 aliphatic carbocycles. The summed E-state index contributed by atoms with van der Waals surface area (Å²) in [6, 6.07) is 20.0. The number of hydrogen-bond acceptors (Lipinski definition) is 4. The lowest BCUT2D eigenvalue weighted by Gasteiger charge is -2.12. The van der Waals surface area contributed by atoms with Crippen molar-refractivity contribution in [3.05, 3.63) is 83.9 Å². The predicted molar refractivity (Wildman–Crippen MR) is 110 cm³/mol. The van der Waals surface area contributed by atoms with Crippen LogP contribution < -0.4 is 14.2 Å². The van der Waals surface area contributed by atoms with Gasteiger partial charge in [0.15, 0.2) is 6.29 Å². The fraction of sp³-hybridized carbons (Fsp3) is 0.208. The molecule has 0 bridgehead atoms. The number of carbonyl (C=O) groups is 1. The van der Waals surface area contributed by atoms with Crippen molar-refractivity contribution in [2.45, 2.75) is 25.6 Å². The number of rotatable bonds is 10. The zero-order valence-corrected chi connectivity index (χ0v) is 16.6. The smallest absolute Gasteiger partial charge is 0.493 e. The third kappa shape index (κ3) is 7.37. The Hall–Kier alpha value is -3.48. The molecule has 0 aromatic heterocycles. The topological polar surface area (TPSA) is 44.8 Å². The quantitative estimate of drug-likeness (QED) is 0.269. The van der Waals surface area contributed by atoms with Crippen LogP contribution in [0.25, 0.3) is 0 Å². The van der Waals surface area contributed by atoms with Crippen LogP contribution in [0.2, 0.25) is 0 Å². The number of hydrogen-bond donors (Lipinski definition) is 0. The van der Waals surface area contributed by atoms with Gasteiger partial charge in [0.05, 0.1) is 12.2 Å². The Morgan fingerprint density at radius 2 is 1.48 bits per heavy atom. The molecule has 0 atom stereocenters. The molecule has 3 aromatic carbocycles. The van der Waals surface area contributed by atoms with Gasteiger partial charge in [-0.25, -0.2) is 0 Å². The average Bonchev–Trinajstić information content (AvgIpc) is 2.75.